The van der Waals surface area contributed by atoms with Crippen molar-refractivity contribution < 1.29 is 9.53 Å². The smallest absolute Gasteiger partial charge is 0.413 e. The number of anilines is 1. The highest BCUT2D eigenvalue weighted by Gasteiger charge is 2.16. The Morgan fingerprint density at radius 3 is 2.94 bits per heavy atom. The summed E-state index contributed by atoms with van der Waals surface area (Å²) in [6, 6.07) is 3.68. The van der Waals surface area contributed by atoms with E-state index in [1.807, 2.05) is 6.07 Å². The number of ether oxygens (including phenoxy) is 1. The van der Waals surface area contributed by atoms with E-state index in [1.165, 1.54) is 0 Å². The van der Waals surface area contributed by atoms with Crippen LogP contribution in [0.25, 0.3) is 0 Å². The zero-order chi connectivity index (χ0) is 12.9. The average molecular weight is 236 g/mol. The summed E-state index contributed by atoms with van der Waals surface area (Å²) in [6.07, 6.45) is 1.54. The summed E-state index contributed by atoms with van der Waals surface area (Å²) >= 11 is 0. The first-order chi connectivity index (χ1) is 7.90. The monoisotopic (exact) mass is 236 g/mol. The Kier molecular flexibility index (Phi) is 4.10. The molecule has 0 fully saturated rings. The van der Waals surface area contributed by atoms with Gasteiger partial charge in [-0.05, 0) is 20.8 Å². The highest BCUT2D eigenvalue weighted by Crippen LogP contribution is 2.10. The molecule has 6 heteroatoms. The molecule has 0 saturated heterocycles. The van der Waals surface area contributed by atoms with E-state index >= 15 is 0 Å². The van der Waals surface area contributed by atoms with E-state index in [9.17, 15) is 4.79 Å². The molecule has 0 atom stereocenters. The molecule has 0 unspecified atom stereocenters. The summed E-state index contributed by atoms with van der Waals surface area (Å²) in [7, 11) is 0. The van der Waals surface area contributed by atoms with Crippen LogP contribution in [0.1, 0.15) is 27.2 Å². The molecule has 1 amide bonds. The number of rotatable bonds is 3. The largest absolute Gasteiger partial charge is 0.444 e. The van der Waals surface area contributed by atoms with Crippen molar-refractivity contribution in [3.63, 3.8) is 0 Å². The maximum absolute atomic E-state index is 11.4. The number of carbonyl (C=O) groups is 1. The van der Waals surface area contributed by atoms with Gasteiger partial charge in [-0.3, -0.25) is 10.00 Å². The van der Waals surface area contributed by atoms with Crippen molar-refractivity contribution in [3.8, 4) is 6.07 Å². The van der Waals surface area contributed by atoms with Crippen LogP contribution in [0, 0.1) is 11.3 Å². The van der Waals surface area contributed by atoms with Gasteiger partial charge in [-0.1, -0.05) is 0 Å². The van der Waals surface area contributed by atoms with Crippen LogP contribution >= 0.6 is 0 Å². The van der Waals surface area contributed by atoms with Gasteiger partial charge in [0.1, 0.15) is 5.60 Å². The molecule has 1 aromatic rings. The van der Waals surface area contributed by atoms with E-state index < -0.39 is 11.7 Å². The Labute approximate surface area is 100 Å². The van der Waals surface area contributed by atoms with Crippen LogP contribution in [0.15, 0.2) is 12.3 Å². The second kappa shape index (κ2) is 5.34. The molecular formula is C11H16N4O2. The maximum Gasteiger partial charge on any atom is 0.413 e. The van der Waals surface area contributed by atoms with Crippen LogP contribution in [-0.2, 0) is 11.3 Å². The van der Waals surface area contributed by atoms with E-state index in [0.717, 1.165) is 0 Å². The van der Waals surface area contributed by atoms with E-state index in [1.54, 1.807) is 37.7 Å². The molecule has 1 aromatic heterocycles. The molecule has 17 heavy (non-hydrogen) atoms. The molecule has 0 aliphatic rings. The molecule has 0 radical (unpaired) electrons. The lowest BCUT2D eigenvalue weighted by atomic mass is 10.2. The molecule has 1 heterocycles. The first-order valence-electron chi connectivity index (χ1n) is 5.31. The number of aromatic nitrogens is 2. The highest BCUT2D eigenvalue weighted by molar-refractivity contribution is 5.83. The van der Waals surface area contributed by atoms with E-state index in [2.05, 4.69) is 10.4 Å². The Morgan fingerprint density at radius 2 is 2.35 bits per heavy atom. The normalized spacial score (nSPS) is 10.7. The first kappa shape index (κ1) is 13.0. The predicted molar refractivity (Wildman–Crippen MR) is 62.3 cm³/mol. The Morgan fingerprint density at radius 1 is 1.65 bits per heavy atom. The zero-order valence-electron chi connectivity index (χ0n) is 10.2. The first-order valence-corrected chi connectivity index (χ1v) is 5.31. The third-order valence-electron chi connectivity index (χ3n) is 1.72. The van der Waals surface area contributed by atoms with Crippen molar-refractivity contribution in [2.24, 2.45) is 0 Å². The summed E-state index contributed by atoms with van der Waals surface area (Å²) in [5.74, 6) is 0.414. The van der Waals surface area contributed by atoms with Crippen LogP contribution in [0.4, 0.5) is 10.6 Å². The van der Waals surface area contributed by atoms with Crippen LogP contribution in [0.3, 0.4) is 0 Å². The van der Waals surface area contributed by atoms with Gasteiger partial charge in [0.2, 0.25) is 0 Å². The zero-order valence-corrected chi connectivity index (χ0v) is 10.2. The van der Waals surface area contributed by atoms with Gasteiger partial charge in [0.05, 0.1) is 19.0 Å². The lowest BCUT2D eigenvalue weighted by Crippen LogP contribution is -2.27. The Hall–Kier alpha value is -2.03. The summed E-state index contributed by atoms with van der Waals surface area (Å²) < 4.78 is 6.67. The third kappa shape index (κ3) is 5.02. The van der Waals surface area contributed by atoms with Gasteiger partial charge in [0.15, 0.2) is 5.82 Å². The molecule has 0 aliphatic heterocycles. The maximum atomic E-state index is 11.4. The van der Waals surface area contributed by atoms with Crippen LogP contribution < -0.4 is 5.32 Å². The molecule has 0 saturated carbocycles. The van der Waals surface area contributed by atoms with Gasteiger partial charge in [-0.2, -0.15) is 10.4 Å². The molecular weight excluding hydrogens is 220 g/mol. The second-order valence-corrected chi connectivity index (χ2v) is 4.50. The molecule has 0 spiro atoms. The van der Waals surface area contributed by atoms with Crippen LogP contribution in [-0.4, -0.2) is 21.5 Å². The van der Waals surface area contributed by atoms with E-state index in [4.69, 9.17) is 10.00 Å². The van der Waals surface area contributed by atoms with Crippen LogP contribution in [0.5, 0.6) is 0 Å². The summed E-state index contributed by atoms with van der Waals surface area (Å²) in [4.78, 5) is 11.4. The minimum atomic E-state index is -0.539. The van der Waals surface area contributed by atoms with E-state index in [-0.39, 0.29) is 0 Å². The van der Waals surface area contributed by atoms with Crippen molar-refractivity contribution in [1.82, 2.24) is 9.78 Å². The lowest BCUT2D eigenvalue weighted by molar-refractivity contribution is 0.0635. The number of hydrogen-bond acceptors (Lipinski definition) is 4. The number of carbonyl (C=O) groups excluding carboxylic acids is 1. The molecule has 1 rings (SSSR count). The van der Waals surface area contributed by atoms with Gasteiger partial charge in [-0.25, -0.2) is 4.79 Å². The predicted octanol–water partition coefficient (Wildman–Crippen LogP) is 2.14. The number of amides is 1. The quantitative estimate of drug-likeness (QED) is 0.871. The van der Waals surface area contributed by atoms with Crippen molar-refractivity contribution in [2.75, 3.05) is 5.32 Å². The van der Waals surface area contributed by atoms with Crippen molar-refractivity contribution in [1.29, 1.82) is 5.26 Å². The highest BCUT2D eigenvalue weighted by atomic mass is 16.6. The van der Waals surface area contributed by atoms with Gasteiger partial charge in [0.25, 0.3) is 0 Å². The van der Waals surface area contributed by atoms with Gasteiger partial charge in [-0.15, -0.1) is 0 Å². The lowest BCUT2D eigenvalue weighted by Gasteiger charge is -2.19. The Balaban J connectivity index is 2.49. The molecule has 1 N–H and O–H groups in total. The number of nitrogens with zero attached hydrogens (tertiary/aromatic N) is 3. The van der Waals surface area contributed by atoms with Gasteiger partial charge in [0, 0.05) is 12.3 Å². The molecule has 92 valence electrons. The number of hydrogen-bond donors (Lipinski definition) is 1. The minimum Gasteiger partial charge on any atom is -0.444 e. The average Bonchev–Trinajstić information content (AvgIpc) is 2.59. The fourth-order valence-corrected chi connectivity index (χ4v) is 1.13. The van der Waals surface area contributed by atoms with E-state index in [0.29, 0.717) is 18.8 Å². The standard InChI is InChI=1S/C11H16N4O2/c1-11(2,3)17-10(16)13-9-5-8-15(14-9)7-4-6-12/h5,8H,4,7H2,1-3H3,(H,13,14,16). The molecule has 0 aliphatic carbocycles. The fraction of sp³-hybridized carbons (Fsp3) is 0.545. The number of nitriles is 1. The second-order valence-electron chi connectivity index (χ2n) is 4.50. The third-order valence-corrected chi connectivity index (χ3v) is 1.72. The number of nitrogens with one attached hydrogen (secondary N) is 1. The molecule has 0 aromatic carbocycles. The van der Waals surface area contributed by atoms with Crippen molar-refractivity contribution in [2.45, 2.75) is 39.3 Å². The summed E-state index contributed by atoms with van der Waals surface area (Å²) in [6.45, 7) is 5.88. The topological polar surface area (TPSA) is 79.9 Å². The Bertz CT molecular complexity index is 425. The molecule has 0 bridgehead atoms. The number of aryl methyl sites for hydroxylation is 1. The minimum absolute atomic E-state index is 0.382. The fourth-order valence-electron chi connectivity index (χ4n) is 1.13. The van der Waals surface area contributed by atoms with Crippen LogP contribution in [0.2, 0.25) is 0 Å². The van der Waals surface area contributed by atoms with Gasteiger partial charge < -0.3 is 4.74 Å². The summed E-state index contributed by atoms with van der Waals surface area (Å²) in [5, 5.41) is 15.0. The van der Waals surface area contributed by atoms with Gasteiger partial charge >= 0.3 is 6.09 Å². The van der Waals surface area contributed by atoms with Crippen molar-refractivity contribution in [3.05, 3.63) is 12.3 Å². The van der Waals surface area contributed by atoms with Crippen molar-refractivity contribution >= 4 is 11.9 Å². The SMILES string of the molecule is CC(C)(C)OC(=O)Nc1ccn(CCC#N)n1. The summed E-state index contributed by atoms with van der Waals surface area (Å²) in [5.41, 5.74) is -0.534. The molecule has 6 nitrogen and oxygen atoms in total.